The van der Waals surface area contributed by atoms with E-state index in [-0.39, 0.29) is 18.1 Å². The summed E-state index contributed by atoms with van der Waals surface area (Å²) in [5, 5.41) is 13.3. The summed E-state index contributed by atoms with van der Waals surface area (Å²) in [4.78, 5) is 12.6. The normalized spacial score (nSPS) is 18.4. The van der Waals surface area contributed by atoms with Crippen LogP contribution in [0.4, 0.5) is 4.39 Å². The second kappa shape index (κ2) is 7.01. The maximum atomic E-state index is 13.9. The van der Waals surface area contributed by atoms with Crippen molar-refractivity contribution in [2.45, 2.75) is 31.4 Å². The molecule has 4 nitrogen and oxygen atoms in total. The van der Waals surface area contributed by atoms with Gasteiger partial charge in [0.25, 0.3) is 0 Å². The summed E-state index contributed by atoms with van der Waals surface area (Å²) in [6.07, 6.45) is -0.617. The first-order chi connectivity index (χ1) is 11.6. The van der Waals surface area contributed by atoms with E-state index in [2.05, 4.69) is 5.32 Å². The smallest absolute Gasteiger partial charge is 0.231 e. The van der Waals surface area contributed by atoms with Gasteiger partial charge in [0.1, 0.15) is 30.2 Å². The lowest BCUT2D eigenvalue weighted by Crippen LogP contribution is -2.42. The Balaban J connectivity index is 1.74. The molecule has 0 aromatic heterocycles. The number of hydrogen-bond acceptors (Lipinski definition) is 3. The third kappa shape index (κ3) is 3.12. The molecule has 0 aliphatic carbocycles. The SMILES string of the molecule is CC[C@H](NC(=O)[C@@H]1COc2ccccc21)[C@H](O)c1ccccc1F. The summed E-state index contributed by atoms with van der Waals surface area (Å²) in [5.41, 5.74) is 1.03. The van der Waals surface area contributed by atoms with E-state index in [0.717, 1.165) is 5.56 Å². The standard InChI is InChI=1S/C19H20FNO3/c1-2-16(18(22)13-8-3-5-9-15(13)20)21-19(23)14-11-24-17-10-6-4-7-12(14)17/h3-10,14,16,18,22H,2,11H2,1H3,(H,21,23)/t14-,16+,18-/m1/s1. The van der Waals surface area contributed by atoms with Crippen LogP contribution in [0.3, 0.4) is 0 Å². The Labute approximate surface area is 140 Å². The van der Waals surface area contributed by atoms with E-state index in [1.165, 1.54) is 12.1 Å². The van der Waals surface area contributed by atoms with Crippen LogP contribution in [0.1, 0.15) is 36.5 Å². The summed E-state index contributed by atoms with van der Waals surface area (Å²) in [5.74, 6) is -0.405. The van der Waals surface area contributed by atoms with E-state index < -0.39 is 23.9 Å². The van der Waals surface area contributed by atoms with Crippen LogP contribution in [-0.4, -0.2) is 23.7 Å². The molecule has 1 aliphatic heterocycles. The minimum absolute atomic E-state index is 0.188. The molecule has 0 fully saturated rings. The first-order valence-electron chi connectivity index (χ1n) is 8.06. The number of aliphatic hydroxyl groups is 1. The van der Waals surface area contributed by atoms with Crippen molar-refractivity contribution in [2.24, 2.45) is 0 Å². The van der Waals surface area contributed by atoms with Gasteiger partial charge in [0.2, 0.25) is 5.91 Å². The van der Waals surface area contributed by atoms with Gasteiger partial charge in [-0.1, -0.05) is 43.3 Å². The zero-order chi connectivity index (χ0) is 17.1. The number of para-hydroxylation sites is 1. The Hall–Kier alpha value is -2.40. The van der Waals surface area contributed by atoms with Crippen LogP contribution in [0, 0.1) is 5.82 Å². The number of hydrogen-bond donors (Lipinski definition) is 2. The summed E-state index contributed by atoms with van der Waals surface area (Å²) in [7, 11) is 0. The zero-order valence-electron chi connectivity index (χ0n) is 13.4. The van der Waals surface area contributed by atoms with Crippen LogP contribution in [0.25, 0.3) is 0 Å². The lowest BCUT2D eigenvalue weighted by Gasteiger charge is -2.25. The second-order valence-corrected chi connectivity index (χ2v) is 5.89. The van der Waals surface area contributed by atoms with Crippen molar-refractivity contribution in [3.05, 3.63) is 65.5 Å². The molecule has 2 N–H and O–H groups in total. The minimum atomic E-state index is -1.10. The van der Waals surface area contributed by atoms with Gasteiger partial charge in [0.15, 0.2) is 0 Å². The third-order valence-electron chi connectivity index (χ3n) is 4.39. The third-order valence-corrected chi connectivity index (χ3v) is 4.39. The highest BCUT2D eigenvalue weighted by molar-refractivity contribution is 5.85. The summed E-state index contributed by atoms with van der Waals surface area (Å²) in [6.45, 7) is 2.12. The van der Waals surface area contributed by atoms with Crippen molar-refractivity contribution in [1.82, 2.24) is 5.32 Å². The van der Waals surface area contributed by atoms with Crippen LogP contribution in [0.2, 0.25) is 0 Å². The molecular weight excluding hydrogens is 309 g/mol. The highest BCUT2D eigenvalue weighted by atomic mass is 19.1. The predicted octanol–water partition coefficient (Wildman–Crippen LogP) is 2.93. The molecule has 0 bridgehead atoms. The quantitative estimate of drug-likeness (QED) is 0.887. The Kier molecular flexibility index (Phi) is 4.81. The van der Waals surface area contributed by atoms with Crippen molar-refractivity contribution in [1.29, 1.82) is 0 Å². The van der Waals surface area contributed by atoms with Crippen LogP contribution in [0.5, 0.6) is 5.75 Å². The molecule has 5 heteroatoms. The summed E-state index contributed by atoms with van der Waals surface area (Å²) >= 11 is 0. The molecule has 1 amide bonds. The van der Waals surface area contributed by atoms with Crippen molar-refractivity contribution < 1.29 is 19.0 Å². The number of benzene rings is 2. The lowest BCUT2D eigenvalue weighted by atomic mass is 9.96. The fourth-order valence-electron chi connectivity index (χ4n) is 3.00. The summed E-state index contributed by atoms with van der Waals surface area (Å²) in [6, 6.07) is 12.9. The molecule has 3 atom stereocenters. The molecule has 0 saturated carbocycles. The molecule has 24 heavy (non-hydrogen) atoms. The van der Waals surface area contributed by atoms with Gasteiger partial charge < -0.3 is 15.2 Å². The van der Waals surface area contributed by atoms with Gasteiger partial charge in [-0.2, -0.15) is 0 Å². The Morgan fingerprint density at radius 3 is 2.75 bits per heavy atom. The van der Waals surface area contributed by atoms with Gasteiger partial charge in [-0.25, -0.2) is 4.39 Å². The highest BCUT2D eigenvalue weighted by Crippen LogP contribution is 2.34. The van der Waals surface area contributed by atoms with E-state index in [4.69, 9.17) is 4.74 Å². The van der Waals surface area contributed by atoms with E-state index in [1.807, 2.05) is 31.2 Å². The van der Waals surface area contributed by atoms with Gasteiger partial charge in [-0.15, -0.1) is 0 Å². The van der Waals surface area contributed by atoms with Crippen LogP contribution >= 0.6 is 0 Å². The number of amides is 1. The number of fused-ring (bicyclic) bond motifs is 1. The number of rotatable bonds is 5. The van der Waals surface area contributed by atoms with Gasteiger partial charge >= 0.3 is 0 Å². The Bertz CT molecular complexity index is 734. The van der Waals surface area contributed by atoms with Crippen LogP contribution < -0.4 is 10.1 Å². The molecule has 0 saturated heterocycles. The number of carbonyl (C=O) groups excluding carboxylic acids is 1. The molecule has 1 heterocycles. The highest BCUT2D eigenvalue weighted by Gasteiger charge is 2.32. The molecule has 2 aromatic rings. The Morgan fingerprint density at radius 2 is 2.00 bits per heavy atom. The number of halogens is 1. The molecule has 3 rings (SSSR count). The average molecular weight is 329 g/mol. The van der Waals surface area contributed by atoms with E-state index in [0.29, 0.717) is 12.2 Å². The first kappa shape index (κ1) is 16.5. The first-order valence-corrected chi connectivity index (χ1v) is 8.06. The average Bonchev–Trinajstić information content (AvgIpc) is 3.03. The van der Waals surface area contributed by atoms with Gasteiger partial charge in [0, 0.05) is 11.1 Å². The second-order valence-electron chi connectivity index (χ2n) is 5.89. The van der Waals surface area contributed by atoms with E-state index in [1.54, 1.807) is 12.1 Å². The van der Waals surface area contributed by atoms with Crippen LogP contribution in [-0.2, 0) is 4.79 Å². The molecule has 126 valence electrons. The topological polar surface area (TPSA) is 58.6 Å². The molecule has 0 radical (unpaired) electrons. The molecule has 0 spiro atoms. The zero-order valence-corrected chi connectivity index (χ0v) is 13.4. The molecule has 0 unspecified atom stereocenters. The monoisotopic (exact) mass is 329 g/mol. The van der Waals surface area contributed by atoms with E-state index in [9.17, 15) is 14.3 Å². The minimum Gasteiger partial charge on any atom is -0.492 e. The maximum absolute atomic E-state index is 13.9. The Morgan fingerprint density at radius 1 is 1.29 bits per heavy atom. The predicted molar refractivity (Wildman–Crippen MR) is 88.3 cm³/mol. The number of ether oxygens (including phenoxy) is 1. The van der Waals surface area contributed by atoms with E-state index >= 15 is 0 Å². The van der Waals surface area contributed by atoms with Crippen molar-refractivity contribution in [2.75, 3.05) is 6.61 Å². The van der Waals surface area contributed by atoms with Gasteiger partial charge in [-0.05, 0) is 18.6 Å². The molecule has 2 aromatic carbocycles. The van der Waals surface area contributed by atoms with Gasteiger partial charge in [0.05, 0.1) is 6.04 Å². The van der Waals surface area contributed by atoms with Crippen molar-refractivity contribution in [3.63, 3.8) is 0 Å². The fraction of sp³-hybridized carbons (Fsp3) is 0.316. The maximum Gasteiger partial charge on any atom is 0.231 e. The number of carbonyl (C=O) groups is 1. The number of nitrogens with one attached hydrogen (secondary N) is 1. The molecular formula is C19H20FNO3. The van der Waals surface area contributed by atoms with Gasteiger partial charge in [-0.3, -0.25) is 4.79 Å². The van der Waals surface area contributed by atoms with Crippen molar-refractivity contribution >= 4 is 5.91 Å². The lowest BCUT2D eigenvalue weighted by molar-refractivity contribution is -0.124. The van der Waals surface area contributed by atoms with Crippen molar-refractivity contribution in [3.8, 4) is 5.75 Å². The van der Waals surface area contributed by atoms with Crippen LogP contribution in [0.15, 0.2) is 48.5 Å². The number of aliphatic hydroxyl groups excluding tert-OH is 1. The summed E-state index contributed by atoms with van der Waals surface area (Å²) < 4.78 is 19.4. The molecule has 1 aliphatic rings. The largest absolute Gasteiger partial charge is 0.492 e. The fourth-order valence-corrected chi connectivity index (χ4v) is 3.00.